The highest BCUT2D eigenvalue weighted by molar-refractivity contribution is 7.80. The number of aromatic nitrogens is 1. The molecule has 1 aromatic carbocycles. The highest BCUT2D eigenvalue weighted by Crippen LogP contribution is 2.16. The van der Waals surface area contributed by atoms with E-state index in [4.69, 9.17) is 29.6 Å². The summed E-state index contributed by atoms with van der Waals surface area (Å²) in [6, 6.07) is 13.4. The Hall–Kier alpha value is -1.65. The summed E-state index contributed by atoms with van der Waals surface area (Å²) in [5.41, 5.74) is 7.34. The predicted octanol–water partition coefficient (Wildman–Crippen LogP) is 3.01. The molecule has 5 heteroatoms. The van der Waals surface area contributed by atoms with Crippen LogP contribution in [0, 0.1) is 0 Å². The van der Waals surface area contributed by atoms with Crippen LogP contribution >= 0.6 is 23.8 Å². The summed E-state index contributed by atoms with van der Waals surface area (Å²) in [6.07, 6.45) is 0. The second kappa shape index (κ2) is 5.99. The standard InChI is InChI=1S/C14H14ClN3S/c1-18(9-10-4-2-5-11(15)8-10)13-7-3-6-12(17-13)14(16)19/h2-8H,9H2,1H3,(H2,16,19). The molecule has 0 fully saturated rings. The van der Waals surface area contributed by atoms with Gasteiger partial charge in [-0.05, 0) is 29.8 Å². The van der Waals surface area contributed by atoms with Crippen LogP contribution in [0.15, 0.2) is 42.5 Å². The van der Waals surface area contributed by atoms with Gasteiger partial charge in [0.05, 0.1) is 5.69 Å². The highest BCUT2D eigenvalue weighted by Gasteiger charge is 2.06. The molecule has 0 saturated carbocycles. The number of rotatable bonds is 4. The summed E-state index contributed by atoms with van der Waals surface area (Å²) >= 11 is 10.9. The molecular weight excluding hydrogens is 278 g/mol. The van der Waals surface area contributed by atoms with Crippen LogP contribution < -0.4 is 10.6 Å². The average Bonchev–Trinajstić information content (AvgIpc) is 2.39. The second-order valence-electron chi connectivity index (χ2n) is 4.23. The molecule has 0 spiro atoms. The fourth-order valence-electron chi connectivity index (χ4n) is 1.76. The molecule has 19 heavy (non-hydrogen) atoms. The Kier molecular flexibility index (Phi) is 4.35. The lowest BCUT2D eigenvalue weighted by molar-refractivity contribution is 0.897. The van der Waals surface area contributed by atoms with E-state index in [1.54, 1.807) is 6.07 Å². The molecule has 0 aliphatic heterocycles. The number of hydrogen-bond donors (Lipinski definition) is 1. The van der Waals surface area contributed by atoms with Crippen molar-refractivity contribution in [3.63, 3.8) is 0 Å². The lowest BCUT2D eigenvalue weighted by atomic mass is 10.2. The minimum Gasteiger partial charge on any atom is -0.388 e. The van der Waals surface area contributed by atoms with E-state index in [0.717, 1.165) is 16.4 Å². The zero-order valence-electron chi connectivity index (χ0n) is 10.5. The third kappa shape index (κ3) is 3.66. The van der Waals surface area contributed by atoms with Gasteiger partial charge < -0.3 is 10.6 Å². The van der Waals surface area contributed by atoms with Gasteiger partial charge in [-0.2, -0.15) is 0 Å². The predicted molar refractivity (Wildman–Crippen MR) is 83.7 cm³/mol. The van der Waals surface area contributed by atoms with Gasteiger partial charge in [-0.15, -0.1) is 0 Å². The van der Waals surface area contributed by atoms with Gasteiger partial charge in [-0.1, -0.05) is 42.0 Å². The normalized spacial score (nSPS) is 10.2. The lowest BCUT2D eigenvalue weighted by Gasteiger charge is -2.19. The largest absolute Gasteiger partial charge is 0.388 e. The Balaban J connectivity index is 2.18. The lowest BCUT2D eigenvalue weighted by Crippen LogP contribution is -2.20. The monoisotopic (exact) mass is 291 g/mol. The summed E-state index contributed by atoms with van der Waals surface area (Å²) in [4.78, 5) is 6.74. The maximum Gasteiger partial charge on any atom is 0.129 e. The zero-order valence-corrected chi connectivity index (χ0v) is 12.1. The van der Waals surface area contributed by atoms with Crippen molar-refractivity contribution in [2.45, 2.75) is 6.54 Å². The van der Waals surface area contributed by atoms with Gasteiger partial charge in [0.1, 0.15) is 10.8 Å². The number of benzene rings is 1. The van der Waals surface area contributed by atoms with Gasteiger partial charge in [0.15, 0.2) is 0 Å². The second-order valence-corrected chi connectivity index (χ2v) is 5.11. The third-order valence-electron chi connectivity index (χ3n) is 2.69. The van der Waals surface area contributed by atoms with Crippen LogP contribution in [0.5, 0.6) is 0 Å². The first-order valence-corrected chi connectivity index (χ1v) is 6.57. The van der Waals surface area contributed by atoms with Crippen LogP contribution in [-0.4, -0.2) is 17.0 Å². The summed E-state index contributed by atoms with van der Waals surface area (Å²) in [5, 5.41) is 0.732. The molecule has 0 aliphatic carbocycles. The molecular formula is C14H14ClN3S. The molecule has 3 nitrogen and oxygen atoms in total. The number of anilines is 1. The molecule has 0 saturated heterocycles. The van der Waals surface area contributed by atoms with Gasteiger partial charge >= 0.3 is 0 Å². The smallest absolute Gasteiger partial charge is 0.129 e. The number of halogens is 1. The fraction of sp³-hybridized carbons (Fsp3) is 0.143. The molecule has 0 bridgehead atoms. The molecule has 0 unspecified atom stereocenters. The SMILES string of the molecule is CN(Cc1cccc(Cl)c1)c1cccc(C(N)=S)n1. The first-order chi connectivity index (χ1) is 9.06. The minimum absolute atomic E-state index is 0.304. The molecule has 98 valence electrons. The molecule has 0 amide bonds. The number of nitrogens with two attached hydrogens (primary N) is 1. The zero-order chi connectivity index (χ0) is 13.8. The van der Waals surface area contributed by atoms with Crippen LogP contribution in [0.1, 0.15) is 11.3 Å². The van der Waals surface area contributed by atoms with Gasteiger partial charge in [0.2, 0.25) is 0 Å². The Labute approximate surface area is 123 Å². The summed E-state index contributed by atoms with van der Waals surface area (Å²) in [6.45, 7) is 0.717. The number of nitrogens with zero attached hydrogens (tertiary/aromatic N) is 2. The topological polar surface area (TPSA) is 42.1 Å². The van der Waals surface area contributed by atoms with Crippen LogP contribution in [0.2, 0.25) is 5.02 Å². The number of thiocarbonyl (C=S) groups is 1. The van der Waals surface area contributed by atoms with Crippen molar-refractivity contribution >= 4 is 34.6 Å². The summed E-state index contributed by atoms with van der Waals surface area (Å²) in [7, 11) is 1.96. The Morgan fingerprint density at radius 1 is 1.32 bits per heavy atom. The molecule has 2 rings (SSSR count). The Morgan fingerprint density at radius 2 is 2.05 bits per heavy atom. The van der Waals surface area contributed by atoms with Crippen molar-refractivity contribution in [1.82, 2.24) is 4.98 Å². The molecule has 1 heterocycles. The van der Waals surface area contributed by atoms with E-state index in [0.29, 0.717) is 17.2 Å². The van der Waals surface area contributed by atoms with Crippen LogP contribution in [0.25, 0.3) is 0 Å². The van der Waals surface area contributed by atoms with E-state index in [1.165, 1.54) is 0 Å². The minimum atomic E-state index is 0.304. The van der Waals surface area contributed by atoms with Gasteiger partial charge in [0.25, 0.3) is 0 Å². The molecule has 0 aliphatic rings. The van der Waals surface area contributed by atoms with Crippen molar-refractivity contribution in [3.05, 3.63) is 58.7 Å². The van der Waals surface area contributed by atoms with Crippen LogP contribution in [0.4, 0.5) is 5.82 Å². The van der Waals surface area contributed by atoms with Crippen molar-refractivity contribution < 1.29 is 0 Å². The number of hydrogen-bond acceptors (Lipinski definition) is 3. The Bertz CT molecular complexity index is 601. The van der Waals surface area contributed by atoms with E-state index >= 15 is 0 Å². The molecule has 0 atom stereocenters. The molecule has 2 aromatic rings. The Morgan fingerprint density at radius 3 is 2.74 bits per heavy atom. The number of pyridine rings is 1. The van der Waals surface area contributed by atoms with Crippen LogP contribution in [-0.2, 0) is 6.54 Å². The van der Waals surface area contributed by atoms with E-state index in [1.807, 2.05) is 48.3 Å². The van der Waals surface area contributed by atoms with Gasteiger partial charge in [-0.25, -0.2) is 4.98 Å². The van der Waals surface area contributed by atoms with Gasteiger partial charge in [-0.3, -0.25) is 0 Å². The van der Waals surface area contributed by atoms with Crippen LogP contribution in [0.3, 0.4) is 0 Å². The maximum atomic E-state index is 5.97. The first-order valence-electron chi connectivity index (χ1n) is 5.78. The first kappa shape index (κ1) is 13.8. The summed E-state index contributed by atoms with van der Waals surface area (Å²) < 4.78 is 0. The third-order valence-corrected chi connectivity index (χ3v) is 3.13. The van der Waals surface area contributed by atoms with E-state index in [2.05, 4.69) is 4.98 Å². The van der Waals surface area contributed by atoms with E-state index in [9.17, 15) is 0 Å². The quantitative estimate of drug-likeness (QED) is 0.880. The van der Waals surface area contributed by atoms with E-state index < -0.39 is 0 Å². The van der Waals surface area contributed by atoms with Crippen molar-refractivity contribution in [1.29, 1.82) is 0 Å². The van der Waals surface area contributed by atoms with E-state index in [-0.39, 0.29) is 0 Å². The van der Waals surface area contributed by atoms with Crippen molar-refractivity contribution in [3.8, 4) is 0 Å². The molecule has 1 aromatic heterocycles. The van der Waals surface area contributed by atoms with Crippen molar-refractivity contribution in [2.75, 3.05) is 11.9 Å². The summed E-state index contributed by atoms with van der Waals surface area (Å²) in [5.74, 6) is 0.824. The highest BCUT2D eigenvalue weighted by atomic mass is 35.5. The van der Waals surface area contributed by atoms with Gasteiger partial charge in [0, 0.05) is 18.6 Å². The fourth-order valence-corrected chi connectivity index (χ4v) is 2.09. The molecule has 0 radical (unpaired) electrons. The maximum absolute atomic E-state index is 5.97. The molecule has 2 N–H and O–H groups in total. The van der Waals surface area contributed by atoms with Crippen molar-refractivity contribution in [2.24, 2.45) is 5.73 Å². The average molecular weight is 292 g/mol.